The Morgan fingerprint density at radius 3 is 1.63 bits per heavy atom. The maximum absolute atomic E-state index is 16.0. The molecule has 0 amide bonds. The Kier molecular flexibility index (Phi) is 26.3. The topological polar surface area (TPSA) is 614 Å². The first-order chi connectivity index (χ1) is 52.8. The Balaban J connectivity index is 0.823. The van der Waals surface area contributed by atoms with Crippen LogP contribution < -0.4 is 0 Å². The van der Waals surface area contributed by atoms with Gasteiger partial charge in [-0.25, -0.2) is 8.98 Å². The second-order valence-corrected chi connectivity index (χ2v) is 35.6. The summed E-state index contributed by atoms with van der Waals surface area (Å²) in [6.07, 6.45) is -57.8. The summed E-state index contributed by atoms with van der Waals surface area (Å²) in [7, 11) is -5.46. The average molecular weight is 1650 g/mol. The fourth-order valence-corrected chi connectivity index (χ4v) is 21.2. The van der Waals surface area contributed by atoms with Crippen molar-refractivity contribution in [2.75, 3.05) is 26.4 Å². The van der Waals surface area contributed by atoms with Crippen LogP contribution in [0.15, 0.2) is 11.6 Å². The van der Waals surface area contributed by atoms with Crippen LogP contribution in [0.1, 0.15) is 127 Å². The largest absolute Gasteiger partial charge is 0.479 e. The molecule has 0 aromatic rings. The van der Waals surface area contributed by atoms with Crippen molar-refractivity contribution in [1.29, 1.82) is 0 Å². The highest BCUT2D eigenvalue weighted by Crippen LogP contribution is 2.76. The Morgan fingerprint density at radius 1 is 0.513 bits per heavy atom. The number of aldehydes is 1. The second-order valence-electron chi connectivity index (χ2n) is 34.5. The van der Waals surface area contributed by atoms with Crippen LogP contribution in [0.5, 0.6) is 0 Å². The normalized spacial score (nSPS) is 52.1. The van der Waals surface area contributed by atoms with Gasteiger partial charge in [0.05, 0.1) is 55.6 Å². The van der Waals surface area contributed by atoms with E-state index in [1.165, 1.54) is 13.8 Å². The number of allylic oxidation sites excluding steroid dienone is 2. The Hall–Kier alpha value is -3.47. The van der Waals surface area contributed by atoms with Gasteiger partial charge >= 0.3 is 28.3 Å². The van der Waals surface area contributed by atoms with E-state index < -0.39 is 302 Å². The number of hydrogen-bond acceptors (Lipinski definition) is 38. The number of hydrogen-bond donors (Lipinski definition) is 18. The lowest BCUT2D eigenvalue weighted by Crippen LogP contribution is -2.69. The molecule has 0 unspecified atom stereocenters. The third-order valence-electron chi connectivity index (χ3n) is 27.3. The van der Waals surface area contributed by atoms with Crippen LogP contribution in [0.25, 0.3) is 0 Å². The van der Waals surface area contributed by atoms with Gasteiger partial charge in [0.1, 0.15) is 134 Å². The van der Waals surface area contributed by atoms with Gasteiger partial charge in [0, 0.05) is 6.92 Å². The molecule has 18 N–H and O–H groups in total. The Labute approximate surface area is 650 Å². The summed E-state index contributed by atoms with van der Waals surface area (Å²) in [4.78, 5) is 56.1. The van der Waals surface area contributed by atoms with Crippen molar-refractivity contribution in [3.05, 3.63) is 11.6 Å². The molecule has 113 heavy (non-hydrogen) atoms. The van der Waals surface area contributed by atoms with Crippen LogP contribution in [-0.2, 0) is 105 Å². The number of carbonyl (C=O) groups is 4. The number of rotatable bonds is 21. The van der Waals surface area contributed by atoms with Gasteiger partial charge in [0.15, 0.2) is 56.1 Å². The van der Waals surface area contributed by atoms with E-state index in [9.17, 15) is 114 Å². The lowest BCUT2D eigenvalue weighted by Gasteiger charge is -2.71. The molecule has 0 aromatic heterocycles. The molecule has 0 bridgehead atoms. The molecule has 42 atom stereocenters. The molecule has 40 nitrogen and oxygen atoms in total. The number of aliphatic carboxylic acids is 1. The van der Waals surface area contributed by atoms with Crippen LogP contribution in [0, 0.1) is 50.2 Å². The maximum Gasteiger partial charge on any atom is 0.397 e. The van der Waals surface area contributed by atoms with Crippen LogP contribution >= 0.6 is 0 Å². The molecular formula is C72H112O40S. The Morgan fingerprint density at radius 2 is 1.04 bits per heavy atom. The van der Waals surface area contributed by atoms with Gasteiger partial charge in [-0.3, -0.25) is 14.1 Å². The molecule has 41 heteroatoms. The SMILES string of the molecule is CC(=O)O[C@@H]1[C@H](O)[C@@H](O[C@@H]2O[C@@H](C)[C@H](O[C@@H]3OC[C@@H](O)[C@H](O)[C@H]3O)[C@@H](O[C@@H]3O[C@H](CO)[C@@H](O)[C@H](OS(=O)(=O)O)[C@H]3O)[C@H]2O)[C@H](OC(=O)[C@]23CCC(C)(C)C[C@H]2C2=CC[C@@H]4[C@@]5(C)CC[C@H](O[C@@H]6O[C@H](C(=O)O)[C@@H](O)[C@H](O[C@@H]7OC[C@@H](O)[C@H](O)[C@H]7O)[C@H]6O[C@@H]6O[C@H](CO)[C@H](O)[C@H](O)[C@H]6O)[C@@](C)(C=O)[C@@H]5CC[C@@]4(C)[C@]2(C)CC3)O[C@@H]1C. The summed E-state index contributed by atoms with van der Waals surface area (Å²) in [6, 6.07) is 0. The van der Waals surface area contributed by atoms with Gasteiger partial charge < -0.3 is 163 Å². The average Bonchev–Trinajstić information content (AvgIpc) is 0.673. The highest BCUT2D eigenvalue weighted by atomic mass is 32.3. The molecule has 0 radical (unpaired) electrons. The number of esters is 2. The molecule has 7 heterocycles. The molecule has 5 aliphatic carbocycles. The standard InChI is InChI=1S/C72H112O40S/c1-26-50(101-28(3)76)46(87)56(109-62-49(90)54(51(27(2)99-62)105-59-43(84)38(79)31(77)23-97-59)107-63-48(89)52(112-113(94,95)96)41(82)34(22-74)103-63)64(100-26)111-66(93)72-18-16-67(4,5)20-30(72)29-10-11-36-68(6)14-13-37(69(7,25-75)35(68)12-15-71(36,9)70(29,8)17-19-72)104-65-57(110-61-45(86)42(83)40(81)33(21-73)102-61)53(47(88)55(108-65)58(91)92)106-60-44(85)39(80)32(78)24-98-60/h10,25-27,30-57,59-65,73-74,77-90H,11-24H2,1-9H3,(H,91,92)(H,94,95,96)/t26-,27+,30+,31-,32-,33-,34-,35-,36-,37+,38+,39+,40+,41-,42+,43-,44-,45-,46+,47+,48-,49-,50+,51+,52+,53+,54+,55+,56-,57-,59+,60+,61+,62+,63+,64+,65-,68+,69+,70-,71-,72+/m1/s1. The van der Waals surface area contributed by atoms with E-state index in [0.29, 0.717) is 51.4 Å². The minimum atomic E-state index is -5.46. The number of carboxylic acid groups (broad SMARTS) is 1. The first-order valence-corrected chi connectivity index (χ1v) is 39.8. The predicted octanol–water partition coefficient (Wildman–Crippen LogP) is -5.56. The molecular weight excluding hydrogens is 1540 g/mol. The smallest absolute Gasteiger partial charge is 0.397 e. The van der Waals surface area contributed by atoms with E-state index in [4.69, 9.17) is 71.1 Å². The molecule has 7 saturated heterocycles. The number of aliphatic hydroxyl groups is 16. The number of ether oxygens (including phenoxy) is 15. The van der Waals surface area contributed by atoms with Gasteiger partial charge in [0.2, 0.25) is 6.29 Å². The molecule has 7 aliphatic heterocycles. The van der Waals surface area contributed by atoms with Crippen molar-refractivity contribution in [2.45, 2.75) is 335 Å². The summed E-state index contributed by atoms with van der Waals surface area (Å²) < 4.78 is 129. The lowest BCUT2D eigenvalue weighted by molar-refractivity contribution is -0.394. The molecule has 4 saturated carbocycles. The third kappa shape index (κ3) is 16.2. The minimum Gasteiger partial charge on any atom is -0.479 e. The van der Waals surface area contributed by atoms with Crippen LogP contribution in [0.2, 0.25) is 0 Å². The zero-order valence-electron chi connectivity index (χ0n) is 63.9. The quantitative estimate of drug-likeness (QED) is 0.0168. The number of carboxylic acids is 1. The number of fused-ring (bicyclic) bond motifs is 7. The summed E-state index contributed by atoms with van der Waals surface area (Å²) in [6.45, 7) is 13.1. The van der Waals surface area contributed by atoms with E-state index >= 15 is 4.79 Å². The molecule has 12 rings (SSSR count). The first kappa shape index (κ1) is 88.8. The number of carbonyl (C=O) groups excluding carboxylic acids is 3. The number of aliphatic hydroxyl groups excluding tert-OH is 16. The summed E-state index contributed by atoms with van der Waals surface area (Å²) >= 11 is 0. The highest BCUT2D eigenvalue weighted by Gasteiger charge is 2.72. The van der Waals surface area contributed by atoms with Crippen LogP contribution in [0.3, 0.4) is 0 Å². The van der Waals surface area contributed by atoms with Crippen molar-refractivity contribution in [3.63, 3.8) is 0 Å². The van der Waals surface area contributed by atoms with Gasteiger partial charge in [-0.2, -0.15) is 8.42 Å². The van der Waals surface area contributed by atoms with Crippen molar-refractivity contribution in [3.8, 4) is 0 Å². The van der Waals surface area contributed by atoms with E-state index in [1.807, 2.05) is 0 Å². The summed E-state index contributed by atoms with van der Waals surface area (Å²) in [5.74, 6) is -4.54. The first-order valence-electron chi connectivity index (χ1n) is 38.5. The maximum atomic E-state index is 16.0. The monoisotopic (exact) mass is 1650 g/mol. The van der Waals surface area contributed by atoms with Gasteiger partial charge in [-0.15, -0.1) is 0 Å². The van der Waals surface area contributed by atoms with Gasteiger partial charge in [-0.1, -0.05) is 53.2 Å². The minimum absolute atomic E-state index is 0.103. The molecule has 0 aromatic carbocycles. The molecule has 12 aliphatic rings. The van der Waals surface area contributed by atoms with Gasteiger partial charge in [-0.05, 0) is 117 Å². The van der Waals surface area contributed by atoms with Gasteiger partial charge in [0.25, 0.3) is 0 Å². The fourth-order valence-electron chi connectivity index (χ4n) is 20.7. The van der Waals surface area contributed by atoms with E-state index in [-0.39, 0.29) is 24.2 Å². The van der Waals surface area contributed by atoms with E-state index in [0.717, 1.165) is 18.8 Å². The van der Waals surface area contributed by atoms with Crippen molar-refractivity contribution < 1.29 is 194 Å². The van der Waals surface area contributed by atoms with Crippen molar-refractivity contribution in [2.24, 2.45) is 50.2 Å². The third-order valence-corrected chi connectivity index (χ3v) is 27.8. The van der Waals surface area contributed by atoms with Crippen molar-refractivity contribution >= 4 is 34.6 Å². The van der Waals surface area contributed by atoms with Crippen LogP contribution in [0.4, 0.5) is 0 Å². The molecule has 0 spiro atoms. The zero-order valence-corrected chi connectivity index (χ0v) is 64.7. The summed E-state index contributed by atoms with van der Waals surface area (Å²) in [5, 5.41) is 187. The predicted molar refractivity (Wildman–Crippen MR) is 367 cm³/mol. The molecule has 646 valence electrons. The lowest BCUT2D eigenvalue weighted by atomic mass is 9.33. The highest BCUT2D eigenvalue weighted by molar-refractivity contribution is 7.80. The van der Waals surface area contributed by atoms with E-state index in [2.05, 4.69) is 44.9 Å². The van der Waals surface area contributed by atoms with E-state index in [1.54, 1.807) is 6.92 Å². The second kappa shape index (κ2) is 33.5. The zero-order chi connectivity index (χ0) is 82.8. The summed E-state index contributed by atoms with van der Waals surface area (Å²) in [5.41, 5.74) is -3.99. The van der Waals surface area contributed by atoms with Crippen molar-refractivity contribution in [1.82, 2.24) is 0 Å². The fraction of sp³-hybridized carbons (Fsp3) is 0.917. The van der Waals surface area contributed by atoms with Crippen LogP contribution in [-0.4, -0.2) is 359 Å². The molecule has 11 fully saturated rings. The Bertz CT molecular complexity index is 3500.